The van der Waals surface area contributed by atoms with Crippen LogP contribution in [0.25, 0.3) is 5.95 Å². The Morgan fingerprint density at radius 2 is 2.19 bits per heavy atom. The van der Waals surface area contributed by atoms with E-state index in [2.05, 4.69) is 30.2 Å². The molecular weight excluding hydrogens is 288 g/mol. The molecule has 3 rings (SSSR count). The summed E-state index contributed by atoms with van der Waals surface area (Å²) in [5.74, 6) is 0.982. The van der Waals surface area contributed by atoms with Gasteiger partial charge in [0, 0.05) is 23.5 Å². The van der Waals surface area contributed by atoms with Crippen LogP contribution in [-0.4, -0.2) is 29.5 Å². The molecule has 9 heteroatoms. The van der Waals surface area contributed by atoms with Gasteiger partial charge in [0.2, 0.25) is 17.8 Å². The number of aryl methyl sites for hydroxylation is 1. The molecule has 8 nitrogen and oxygen atoms in total. The number of nitrogens with one attached hydrogen (secondary N) is 1. The minimum atomic E-state index is -0.0128. The van der Waals surface area contributed by atoms with Crippen LogP contribution in [-0.2, 0) is 0 Å². The number of thiazole rings is 1. The van der Waals surface area contributed by atoms with Crippen molar-refractivity contribution in [3.8, 4) is 5.95 Å². The van der Waals surface area contributed by atoms with Crippen LogP contribution in [0.2, 0.25) is 0 Å². The van der Waals surface area contributed by atoms with Gasteiger partial charge in [0.25, 0.3) is 0 Å². The summed E-state index contributed by atoms with van der Waals surface area (Å²) < 4.78 is 1.67. The first-order valence-electron chi connectivity index (χ1n) is 6.30. The van der Waals surface area contributed by atoms with Gasteiger partial charge in [-0.25, -0.2) is 9.97 Å². The molecule has 0 amide bonds. The molecule has 0 radical (unpaired) electrons. The van der Waals surface area contributed by atoms with E-state index in [1.54, 1.807) is 34.6 Å². The molecule has 3 aromatic heterocycles. The zero-order chi connectivity index (χ0) is 14.8. The first-order valence-corrected chi connectivity index (χ1v) is 7.12. The lowest BCUT2D eigenvalue weighted by Crippen LogP contribution is -2.13. The summed E-state index contributed by atoms with van der Waals surface area (Å²) in [5.41, 5.74) is 5.74. The molecule has 1 atom stereocenters. The second-order valence-electron chi connectivity index (χ2n) is 4.46. The van der Waals surface area contributed by atoms with Gasteiger partial charge in [-0.05, 0) is 13.8 Å². The van der Waals surface area contributed by atoms with Crippen molar-refractivity contribution in [3.63, 3.8) is 0 Å². The van der Waals surface area contributed by atoms with Crippen LogP contribution in [0.1, 0.15) is 22.9 Å². The van der Waals surface area contributed by atoms with Gasteiger partial charge in [-0.15, -0.1) is 11.3 Å². The topological polar surface area (TPSA) is 107 Å². The molecule has 0 aliphatic rings. The van der Waals surface area contributed by atoms with Gasteiger partial charge in [0.05, 0.1) is 6.04 Å². The van der Waals surface area contributed by atoms with Gasteiger partial charge >= 0.3 is 0 Å². The number of nitrogen functional groups attached to an aromatic ring is 1. The first-order chi connectivity index (χ1) is 10.1. The van der Waals surface area contributed by atoms with E-state index < -0.39 is 0 Å². The number of rotatable bonds is 4. The predicted octanol–water partition coefficient (Wildman–Crippen LogP) is 1.58. The molecule has 3 N–H and O–H groups in total. The zero-order valence-electron chi connectivity index (χ0n) is 11.6. The molecule has 0 aliphatic carbocycles. The maximum atomic E-state index is 5.74. The van der Waals surface area contributed by atoms with Crippen molar-refractivity contribution >= 4 is 23.2 Å². The monoisotopic (exact) mass is 302 g/mol. The zero-order valence-corrected chi connectivity index (χ0v) is 12.4. The van der Waals surface area contributed by atoms with Gasteiger partial charge in [-0.1, -0.05) is 0 Å². The minimum Gasteiger partial charge on any atom is -0.368 e. The third-order valence-corrected chi connectivity index (χ3v) is 3.83. The van der Waals surface area contributed by atoms with Crippen molar-refractivity contribution in [2.75, 3.05) is 11.1 Å². The first kappa shape index (κ1) is 13.4. The van der Waals surface area contributed by atoms with E-state index in [1.807, 2.05) is 20.0 Å². The maximum Gasteiger partial charge on any atom is 0.241 e. The summed E-state index contributed by atoms with van der Waals surface area (Å²) in [6.45, 7) is 4.01. The Balaban J connectivity index is 1.85. The van der Waals surface area contributed by atoms with Crippen LogP contribution in [0.3, 0.4) is 0 Å². The van der Waals surface area contributed by atoms with Crippen molar-refractivity contribution in [3.05, 3.63) is 34.8 Å². The van der Waals surface area contributed by atoms with Crippen LogP contribution in [0.5, 0.6) is 0 Å². The highest BCUT2D eigenvalue weighted by molar-refractivity contribution is 7.11. The second-order valence-corrected chi connectivity index (χ2v) is 5.73. The molecule has 108 valence electrons. The predicted molar refractivity (Wildman–Crippen MR) is 80.3 cm³/mol. The Kier molecular flexibility index (Phi) is 3.48. The highest BCUT2D eigenvalue weighted by Crippen LogP contribution is 2.22. The lowest BCUT2D eigenvalue weighted by atomic mass is 10.4. The maximum absolute atomic E-state index is 5.74. The highest BCUT2D eigenvalue weighted by Gasteiger charge is 2.13. The SMILES string of the molecule is Cc1cnc(C(C)Nc2nc(N)nc(-n3ccnc3)n2)s1. The largest absolute Gasteiger partial charge is 0.368 e. The molecule has 0 bridgehead atoms. The number of imidazole rings is 1. The van der Waals surface area contributed by atoms with Gasteiger partial charge in [0.15, 0.2) is 0 Å². The summed E-state index contributed by atoms with van der Waals surface area (Å²) in [6, 6.07) is -0.0128. The third-order valence-electron chi connectivity index (χ3n) is 2.73. The summed E-state index contributed by atoms with van der Waals surface area (Å²) in [7, 11) is 0. The second kappa shape index (κ2) is 5.44. The summed E-state index contributed by atoms with van der Waals surface area (Å²) in [5, 5.41) is 4.15. The molecule has 3 heterocycles. The van der Waals surface area contributed by atoms with Crippen LogP contribution in [0.4, 0.5) is 11.9 Å². The van der Waals surface area contributed by atoms with Crippen molar-refractivity contribution < 1.29 is 0 Å². The van der Waals surface area contributed by atoms with Crippen molar-refractivity contribution in [2.24, 2.45) is 0 Å². The number of anilines is 2. The summed E-state index contributed by atoms with van der Waals surface area (Å²) >= 11 is 1.63. The molecule has 0 saturated carbocycles. The summed E-state index contributed by atoms with van der Waals surface area (Å²) in [6.07, 6.45) is 6.84. The summed E-state index contributed by atoms with van der Waals surface area (Å²) in [4.78, 5) is 22.0. The number of nitrogens with zero attached hydrogens (tertiary/aromatic N) is 6. The Morgan fingerprint density at radius 3 is 2.86 bits per heavy atom. The van der Waals surface area contributed by atoms with E-state index >= 15 is 0 Å². The average Bonchev–Trinajstić information content (AvgIpc) is 3.08. The Hall–Kier alpha value is -2.55. The normalized spacial score (nSPS) is 12.3. The number of aromatic nitrogens is 6. The molecule has 21 heavy (non-hydrogen) atoms. The Labute approximate surface area is 125 Å². The van der Waals surface area contributed by atoms with Crippen molar-refractivity contribution in [1.29, 1.82) is 0 Å². The standard InChI is InChI=1S/C12H14N8S/c1-7-5-15-9(21-7)8(2)16-11-17-10(13)18-12(19-11)20-4-3-14-6-20/h3-6,8H,1-2H3,(H3,13,16,17,18,19). The lowest BCUT2D eigenvalue weighted by molar-refractivity contribution is 0.829. The van der Waals surface area contributed by atoms with Gasteiger partial charge in [0.1, 0.15) is 11.3 Å². The quantitative estimate of drug-likeness (QED) is 0.753. The van der Waals surface area contributed by atoms with Crippen LogP contribution < -0.4 is 11.1 Å². The molecular formula is C12H14N8S. The third kappa shape index (κ3) is 2.97. The number of hydrogen-bond donors (Lipinski definition) is 2. The highest BCUT2D eigenvalue weighted by atomic mass is 32.1. The van der Waals surface area contributed by atoms with E-state index in [-0.39, 0.29) is 12.0 Å². The smallest absolute Gasteiger partial charge is 0.241 e. The average molecular weight is 302 g/mol. The van der Waals surface area contributed by atoms with Crippen molar-refractivity contribution in [2.45, 2.75) is 19.9 Å². The van der Waals surface area contributed by atoms with E-state index in [0.29, 0.717) is 11.9 Å². The van der Waals surface area contributed by atoms with E-state index in [0.717, 1.165) is 9.88 Å². The van der Waals surface area contributed by atoms with Crippen LogP contribution in [0, 0.1) is 6.92 Å². The van der Waals surface area contributed by atoms with E-state index in [4.69, 9.17) is 5.73 Å². The molecule has 3 aromatic rings. The van der Waals surface area contributed by atoms with Crippen LogP contribution >= 0.6 is 11.3 Å². The fourth-order valence-corrected chi connectivity index (χ4v) is 2.54. The Morgan fingerprint density at radius 1 is 1.33 bits per heavy atom. The molecule has 0 aromatic carbocycles. The van der Waals surface area contributed by atoms with E-state index in [1.165, 1.54) is 0 Å². The number of nitrogens with two attached hydrogens (primary N) is 1. The fraction of sp³-hybridized carbons (Fsp3) is 0.250. The molecule has 0 spiro atoms. The molecule has 0 saturated heterocycles. The van der Waals surface area contributed by atoms with Gasteiger partial charge < -0.3 is 11.1 Å². The van der Waals surface area contributed by atoms with Gasteiger partial charge in [-0.3, -0.25) is 4.57 Å². The Bertz CT molecular complexity index is 736. The van der Waals surface area contributed by atoms with Crippen LogP contribution in [0.15, 0.2) is 24.9 Å². The van der Waals surface area contributed by atoms with Gasteiger partial charge in [-0.2, -0.15) is 15.0 Å². The van der Waals surface area contributed by atoms with E-state index in [9.17, 15) is 0 Å². The fourth-order valence-electron chi connectivity index (χ4n) is 1.77. The molecule has 0 fully saturated rings. The minimum absolute atomic E-state index is 0.0128. The lowest BCUT2D eigenvalue weighted by Gasteiger charge is -2.12. The molecule has 1 unspecified atom stereocenters. The molecule has 0 aliphatic heterocycles. The number of hydrogen-bond acceptors (Lipinski definition) is 8. The van der Waals surface area contributed by atoms with Crippen molar-refractivity contribution in [1.82, 2.24) is 29.5 Å².